The van der Waals surface area contributed by atoms with Crippen molar-refractivity contribution in [2.75, 3.05) is 23.7 Å². The van der Waals surface area contributed by atoms with Gasteiger partial charge in [0.2, 0.25) is 11.8 Å². The molecule has 2 aliphatic heterocycles. The lowest BCUT2D eigenvalue weighted by atomic mass is 9.92. The molecular weight excluding hydrogens is 732 g/mol. The predicted molar refractivity (Wildman–Crippen MR) is 214 cm³/mol. The number of piperidine rings is 1. The van der Waals surface area contributed by atoms with Crippen molar-refractivity contribution in [2.24, 2.45) is 0 Å². The molecule has 3 aromatic rings. The molecule has 13 heteroatoms. The Morgan fingerprint density at radius 3 is 2.04 bits per heavy atom. The first-order valence-corrected chi connectivity index (χ1v) is 20.2. The molecular formula is C43H49ClN6O6. The number of amides is 5. The summed E-state index contributed by atoms with van der Waals surface area (Å²) in [6.45, 7) is 1.64. The number of nitrogens with one attached hydrogen (secondary N) is 4. The van der Waals surface area contributed by atoms with Crippen molar-refractivity contribution in [2.45, 2.75) is 108 Å². The van der Waals surface area contributed by atoms with E-state index < -0.39 is 29.7 Å². The number of hydrogen-bond acceptors (Lipinski definition) is 9. The average molecular weight is 781 g/mol. The Morgan fingerprint density at radius 2 is 1.39 bits per heavy atom. The number of anilines is 2. The van der Waals surface area contributed by atoms with Crippen LogP contribution in [0.15, 0.2) is 60.7 Å². The van der Waals surface area contributed by atoms with Crippen LogP contribution in [0.5, 0.6) is 5.75 Å². The highest BCUT2D eigenvalue weighted by molar-refractivity contribution is 6.31. The monoisotopic (exact) mass is 780 g/mol. The summed E-state index contributed by atoms with van der Waals surface area (Å²) in [5.74, 6) is -1.40. The number of fused-ring (bicyclic) bond motifs is 1. The van der Waals surface area contributed by atoms with Crippen LogP contribution in [0.2, 0.25) is 5.02 Å². The summed E-state index contributed by atoms with van der Waals surface area (Å²) in [6, 6.07) is 19.0. The summed E-state index contributed by atoms with van der Waals surface area (Å²) < 4.78 is 6.07. The Balaban J connectivity index is 0.775. The van der Waals surface area contributed by atoms with Crippen LogP contribution in [0, 0.1) is 11.3 Å². The molecule has 4 N–H and O–H groups in total. The second kappa shape index (κ2) is 19.4. The van der Waals surface area contributed by atoms with Crippen molar-refractivity contribution in [3.05, 3.63) is 87.9 Å². The zero-order valence-corrected chi connectivity index (χ0v) is 32.3. The van der Waals surface area contributed by atoms with E-state index >= 15 is 0 Å². The number of carbonyl (C=O) groups is 5. The van der Waals surface area contributed by atoms with E-state index in [-0.39, 0.29) is 42.0 Å². The Morgan fingerprint density at radius 1 is 0.768 bits per heavy atom. The van der Waals surface area contributed by atoms with E-state index in [1.165, 1.54) is 19.3 Å². The average Bonchev–Trinajstić information content (AvgIpc) is 3.44. The second-order valence-electron chi connectivity index (χ2n) is 14.8. The highest BCUT2D eigenvalue weighted by atomic mass is 35.5. The van der Waals surface area contributed by atoms with Crippen LogP contribution in [-0.2, 0) is 9.59 Å². The van der Waals surface area contributed by atoms with Crippen molar-refractivity contribution in [1.82, 2.24) is 15.5 Å². The molecule has 2 heterocycles. The van der Waals surface area contributed by atoms with Crippen molar-refractivity contribution in [1.29, 1.82) is 5.26 Å². The molecule has 0 bridgehead atoms. The molecule has 12 nitrogen and oxygen atoms in total. The Bertz CT molecular complexity index is 1950. The molecule has 294 valence electrons. The van der Waals surface area contributed by atoms with Gasteiger partial charge in [-0.3, -0.25) is 34.2 Å². The van der Waals surface area contributed by atoms with E-state index in [4.69, 9.17) is 21.6 Å². The first-order valence-electron chi connectivity index (χ1n) is 19.8. The Labute approximate surface area is 332 Å². The van der Waals surface area contributed by atoms with Crippen molar-refractivity contribution in [3.63, 3.8) is 0 Å². The fraction of sp³-hybridized carbons (Fsp3) is 0.442. The summed E-state index contributed by atoms with van der Waals surface area (Å²) >= 11 is 6.13. The molecule has 1 saturated carbocycles. The molecule has 56 heavy (non-hydrogen) atoms. The third kappa shape index (κ3) is 10.5. The topological polar surface area (TPSA) is 170 Å². The molecule has 3 aromatic carbocycles. The first kappa shape index (κ1) is 40.3. The largest absolute Gasteiger partial charge is 0.490 e. The molecule has 1 aliphatic carbocycles. The summed E-state index contributed by atoms with van der Waals surface area (Å²) in [5, 5.41) is 21.6. The molecule has 6 rings (SSSR count). The molecule has 1 unspecified atom stereocenters. The van der Waals surface area contributed by atoms with E-state index in [0.717, 1.165) is 87.2 Å². The van der Waals surface area contributed by atoms with Gasteiger partial charge in [0, 0.05) is 48.6 Å². The van der Waals surface area contributed by atoms with Gasteiger partial charge in [0.05, 0.1) is 27.8 Å². The second-order valence-corrected chi connectivity index (χ2v) is 15.2. The molecule has 0 spiro atoms. The normalized spacial score (nSPS) is 19.2. The third-order valence-electron chi connectivity index (χ3n) is 10.7. The van der Waals surface area contributed by atoms with Crippen LogP contribution in [0.25, 0.3) is 0 Å². The Kier molecular flexibility index (Phi) is 14.0. The molecule has 1 atom stereocenters. The van der Waals surface area contributed by atoms with Crippen molar-refractivity contribution < 1.29 is 28.7 Å². The number of benzene rings is 3. The van der Waals surface area contributed by atoms with Gasteiger partial charge in [-0.2, -0.15) is 5.26 Å². The van der Waals surface area contributed by atoms with Crippen LogP contribution in [0.3, 0.4) is 0 Å². The van der Waals surface area contributed by atoms with Gasteiger partial charge in [-0.1, -0.05) is 50.1 Å². The lowest BCUT2D eigenvalue weighted by Crippen LogP contribution is -2.54. The minimum Gasteiger partial charge on any atom is -0.490 e. The number of unbranched alkanes of at least 4 members (excludes halogenated alkanes) is 7. The summed E-state index contributed by atoms with van der Waals surface area (Å²) in [5.41, 5.74) is 3.40. The maximum absolute atomic E-state index is 13.0. The number of nitriles is 1. The zero-order chi connectivity index (χ0) is 39.4. The lowest BCUT2D eigenvalue weighted by molar-refractivity contribution is -0.136. The van der Waals surface area contributed by atoms with Crippen molar-refractivity contribution >= 4 is 52.5 Å². The minimum absolute atomic E-state index is 0.0538. The maximum atomic E-state index is 13.0. The SMILES string of the molecule is N#Cc1ccc(O[C@H]2CC[C@H](NC(=O)c3ccc(NCCCCCCCCCCNc4ccc5c(c4)C(=O)N(C4CCC(=O)NC4=O)C5=O)cc3)CC2)cc1Cl. The van der Waals surface area contributed by atoms with Crippen LogP contribution in [0.1, 0.15) is 127 Å². The molecule has 0 radical (unpaired) electrons. The van der Waals surface area contributed by atoms with Gasteiger partial charge in [0.25, 0.3) is 17.7 Å². The van der Waals surface area contributed by atoms with Crippen LogP contribution in [0.4, 0.5) is 11.4 Å². The van der Waals surface area contributed by atoms with Crippen LogP contribution < -0.4 is 26.0 Å². The fourth-order valence-corrected chi connectivity index (χ4v) is 7.76. The van der Waals surface area contributed by atoms with E-state index in [1.54, 1.807) is 36.4 Å². The van der Waals surface area contributed by atoms with Gasteiger partial charge >= 0.3 is 0 Å². The first-order chi connectivity index (χ1) is 27.2. The van der Waals surface area contributed by atoms with Gasteiger partial charge in [-0.05, 0) is 99.5 Å². The van der Waals surface area contributed by atoms with E-state index in [0.29, 0.717) is 21.9 Å². The van der Waals surface area contributed by atoms with Crippen LogP contribution >= 0.6 is 11.6 Å². The van der Waals surface area contributed by atoms with E-state index in [2.05, 4.69) is 27.3 Å². The molecule has 3 aliphatic rings. The van der Waals surface area contributed by atoms with Gasteiger partial charge < -0.3 is 20.7 Å². The van der Waals surface area contributed by atoms with Gasteiger partial charge in [-0.25, -0.2) is 0 Å². The summed E-state index contributed by atoms with van der Waals surface area (Å²) in [4.78, 5) is 63.6. The smallest absolute Gasteiger partial charge is 0.262 e. The molecule has 2 fully saturated rings. The number of ether oxygens (including phenoxy) is 1. The summed E-state index contributed by atoms with van der Waals surface area (Å²) in [7, 11) is 0. The van der Waals surface area contributed by atoms with Crippen LogP contribution in [-0.4, -0.2) is 65.7 Å². The van der Waals surface area contributed by atoms with Gasteiger partial charge in [0.1, 0.15) is 17.9 Å². The highest BCUT2D eigenvalue weighted by Gasteiger charge is 2.44. The highest BCUT2D eigenvalue weighted by Crippen LogP contribution is 2.30. The van der Waals surface area contributed by atoms with E-state index in [1.807, 2.05) is 24.3 Å². The lowest BCUT2D eigenvalue weighted by Gasteiger charge is -2.29. The Hall–Kier alpha value is -5.41. The number of rotatable bonds is 18. The number of imide groups is 2. The standard InChI is InChI=1S/C43H49ClN6O6/c44-37-26-34(17-11-29(37)27-45)56-33-18-14-31(15-19-33)48-40(52)28-9-12-30(13-10-28)46-23-7-5-3-1-2-4-6-8-24-47-32-16-20-35-36(25-32)43(55)50(42(35)54)38-21-22-39(51)49-41(38)53/h9-13,16-17,20,25-26,31,33,38,46-47H,1-8,14-15,18-19,21-24H2,(H,48,52)(H,49,51,53)/t31-,33-,38?. The number of hydrogen-bond donors (Lipinski definition) is 4. The van der Waals surface area contributed by atoms with Crippen molar-refractivity contribution in [3.8, 4) is 11.8 Å². The maximum Gasteiger partial charge on any atom is 0.262 e. The molecule has 5 amide bonds. The summed E-state index contributed by atoms with van der Waals surface area (Å²) in [6.07, 6.45) is 12.7. The van der Waals surface area contributed by atoms with E-state index in [9.17, 15) is 24.0 Å². The van der Waals surface area contributed by atoms with Gasteiger partial charge in [-0.15, -0.1) is 0 Å². The fourth-order valence-electron chi connectivity index (χ4n) is 7.54. The number of carbonyl (C=O) groups excluding carboxylic acids is 5. The molecule has 1 saturated heterocycles. The van der Waals surface area contributed by atoms with Gasteiger partial charge in [0.15, 0.2) is 0 Å². The number of nitrogens with zero attached hydrogens (tertiary/aromatic N) is 2. The molecule has 0 aromatic heterocycles. The number of halogens is 1. The minimum atomic E-state index is -0.963. The third-order valence-corrected chi connectivity index (χ3v) is 11.0. The predicted octanol–water partition coefficient (Wildman–Crippen LogP) is 7.38. The zero-order valence-electron chi connectivity index (χ0n) is 31.5. The quantitative estimate of drug-likeness (QED) is 0.0760.